The molecule has 0 fully saturated rings. The molecular formula is C20H24F3NO2. The van der Waals surface area contributed by atoms with Crippen LogP contribution in [0.25, 0.3) is 0 Å². The van der Waals surface area contributed by atoms with E-state index in [9.17, 15) is 23.1 Å². The summed E-state index contributed by atoms with van der Waals surface area (Å²) >= 11 is 0. The Morgan fingerprint density at radius 2 is 1.81 bits per heavy atom. The van der Waals surface area contributed by atoms with Crippen molar-refractivity contribution in [3.8, 4) is 0 Å². The Bertz CT molecular complexity index is 653. The summed E-state index contributed by atoms with van der Waals surface area (Å²) < 4.78 is 41.1. The molecular weight excluding hydrogens is 343 g/mol. The molecule has 0 heterocycles. The average Bonchev–Trinajstić information content (AvgIpc) is 2.58. The van der Waals surface area contributed by atoms with E-state index < -0.39 is 29.6 Å². The van der Waals surface area contributed by atoms with Crippen LogP contribution in [-0.2, 0) is 4.79 Å². The number of halogens is 3. The third-order valence-electron chi connectivity index (χ3n) is 4.70. The van der Waals surface area contributed by atoms with Crippen LogP contribution in [0.1, 0.15) is 38.2 Å². The van der Waals surface area contributed by atoms with Gasteiger partial charge in [0.1, 0.15) is 12.1 Å². The Kier molecular flexibility index (Phi) is 6.29. The van der Waals surface area contributed by atoms with Crippen LogP contribution in [0.4, 0.5) is 13.2 Å². The van der Waals surface area contributed by atoms with E-state index in [2.05, 4.69) is 5.32 Å². The highest BCUT2D eigenvalue weighted by atomic mass is 19.4. The first-order valence-electron chi connectivity index (χ1n) is 8.66. The summed E-state index contributed by atoms with van der Waals surface area (Å²) in [7, 11) is 0. The van der Waals surface area contributed by atoms with Gasteiger partial charge >= 0.3 is 12.1 Å². The summed E-state index contributed by atoms with van der Waals surface area (Å²) in [6, 6.07) is 6.27. The van der Waals surface area contributed by atoms with Crippen molar-refractivity contribution in [2.75, 3.05) is 0 Å². The fourth-order valence-corrected chi connectivity index (χ4v) is 3.23. The lowest BCUT2D eigenvalue weighted by Gasteiger charge is -2.38. The first kappa shape index (κ1) is 20.2. The number of nitrogens with one attached hydrogen (secondary N) is 1. The summed E-state index contributed by atoms with van der Waals surface area (Å²) in [5.41, 5.74) is -0.363. The van der Waals surface area contributed by atoms with Crippen LogP contribution in [0.5, 0.6) is 0 Å². The number of alkyl halides is 3. The van der Waals surface area contributed by atoms with E-state index in [0.717, 1.165) is 5.56 Å². The number of carboxylic acids is 1. The first-order valence-corrected chi connectivity index (χ1v) is 8.66. The smallest absolute Gasteiger partial charge is 0.405 e. The van der Waals surface area contributed by atoms with Gasteiger partial charge < -0.3 is 5.11 Å². The summed E-state index contributed by atoms with van der Waals surface area (Å²) in [5.74, 6) is -1.36. The van der Waals surface area contributed by atoms with Gasteiger partial charge in [-0.15, -0.1) is 0 Å². The van der Waals surface area contributed by atoms with Crippen LogP contribution in [0.3, 0.4) is 0 Å². The van der Waals surface area contributed by atoms with Gasteiger partial charge in [-0.25, -0.2) is 0 Å². The fourth-order valence-electron chi connectivity index (χ4n) is 3.23. The Morgan fingerprint density at radius 1 is 1.23 bits per heavy atom. The molecule has 1 aromatic rings. The zero-order valence-electron chi connectivity index (χ0n) is 14.8. The van der Waals surface area contributed by atoms with Crippen molar-refractivity contribution in [3.63, 3.8) is 0 Å². The quantitative estimate of drug-likeness (QED) is 0.688. The minimum absolute atomic E-state index is 0.0935. The van der Waals surface area contributed by atoms with Crippen molar-refractivity contribution in [2.24, 2.45) is 5.41 Å². The molecule has 1 aliphatic carbocycles. The van der Waals surface area contributed by atoms with Gasteiger partial charge in [-0.05, 0) is 12.0 Å². The molecule has 0 aromatic heterocycles. The Labute approximate surface area is 151 Å². The van der Waals surface area contributed by atoms with Gasteiger partial charge in [0, 0.05) is 11.3 Å². The topological polar surface area (TPSA) is 49.3 Å². The van der Waals surface area contributed by atoms with Gasteiger partial charge in [0.2, 0.25) is 0 Å². The number of aliphatic carboxylic acids is 1. The molecule has 0 aliphatic heterocycles. The molecule has 0 amide bonds. The molecule has 2 N–H and O–H groups in total. The molecule has 26 heavy (non-hydrogen) atoms. The second kappa shape index (κ2) is 8.08. The second-order valence-electron chi connectivity index (χ2n) is 6.84. The fraction of sp³-hybridized carbons (Fsp3) is 0.450. The van der Waals surface area contributed by atoms with Crippen LogP contribution in [0.2, 0.25) is 0 Å². The second-order valence-corrected chi connectivity index (χ2v) is 6.84. The molecule has 3 nitrogen and oxygen atoms in total. The molecule has 0 unspecified atom stereocenters. The molecule has 2 atom stereocenters. The lowest BCUT2D eigenvalue weighted by atomic mass is 9.75. The standard InChI is InChI=1S/C20H24F3NO2/c1-3-7-16(17(25)26)24-18(20(21,22)23)19(2)12-10-15(11-13-19)14-8-5-4-6-9-14/h4-6,8-13,15-16,18,24H,3,7H2,1-2H3,(H,25,26)/t15?,16-,18-,19?/m0/s1. The Hall–Kier alpha value is -2.08. The molecule has 0 radical (unpaired) electrons. The summed E-state index contributed by atoms with van der Waals surface area (Å²) in [4.78, 5) is 11.3. The maximum absolute atomic E-state index is 13.7. The average molecular weight is 367 g/mol. The number of rotatable bonds is 7. The zero-order chi connectivity index (χ0) is 19.4. The molecule has 0 spiro atoms. The highest BCUT2D eigenvalue weighted by Gasteiger charge is 2.50. The van der Waals surface area contributed by atoms with E-state index in [1.807, 2.05) is 30.3 Å². The largest absolute Gasteiger partial charge is 0.480 e. The molecule has 0 saturated heterocycles. The number of hydrogen-bond donors (Lipinski definition) is 2. The van der Waals surface area contributed by atoms with E-state index in [1.54, 1.807) is 19.1 Å². The Morgan fingerprint density at radius 3 is 2.27 bits per heavy atom. The highest BCUT2D eigenvalue weighted by Crippen LogP contribution is 2.40. The van der Waals surface area contributed by atoms with Gasteiger partial charge in [-0.3, -0.25) is 10.1 Å². The van der Waals surface area contributed by atoms with E-state index in [1.165, 1.54) is 19.1 Å². The van der Waals surface area contributed by atoms with Gasteiger partial charge in [-0.2, -0.15) is 13.2 Å². The predicted molar refractivity (Wildman–Crippen MR) is 94.9 cm³/mol. The minimum atomic E-state index is -4.58. The maximum Gasteiger partial charge on any atom is 0.405 e. The third kappa shape index (κ3) is 4.75. The maximum atomic E-state index is 13.7. The number of hydrogen-bond acceptors (Lipinski definition) is 2. The van der Waals surface area contributed by atoms with Gasteiger partial charge in [-0.1, -0.05) is 74.9 Å². The highest BCUT2D eigenvalue weighted by molar-refractivity contribution is 5.73. The van der Waals surface area contributed by atoms with Crippen molar-refractivity contribution in [1.82, 2.24) is 5.32 Å². The van der Waals surface area contributed by atoms with Crippen molar-refractivity contribution in [2.45, 2.75) is 50.9 Å². The molecule has 142 valence electrons. The molecule has 1 aliphatic rings. The van der Waals surface area contributed by atoms with Crippen LogP contribution >= 0.6 is 0 Å². The summed E-state index contributed by atoms with van der Waals surface area (Å²) in [5, 5.41) is 11.6. The molecule has 0 saturated carbocycles. The third-order valence-corrected chi connectivity index (χ3v) is 4.70. The molecule has 0 bridgehead atoms. The Balaban J connectivity index is 2.26. The van der Waals surface area contributed by atoms with E-state index in [-0.39, 0.29) is 12.3 Å². The van der Waals surface area contributed by atoms with Gasteiger partial charge in [0.15, 0.2) is 0 Å². The minimum Gasteiger partial charge on any atom is -0.480 e. The van der Waals surface area contributed by atoms with Crippen LogP contribution in [0, 0.1) is 5.41 Å². The van der Waals surface area contributed by atoms with Crippen LogP contribution in [0.15, 0.2) is 54.6 Å². The molecule has 2 rings (SSSR count). The van der Waals surface area contributed by atoms with Crippen molar-refractivity contribution in [3.05, 3.63) is 60.2 Å². The molecule has 6 heteroatoms. The summed E-state index contributed by atoms with van der Waals surface area (Å²) in [6.07, 6.45) is 2.58. The van der Waals surface area contributed by atoms with Crippen LogP contribution < -0.4 is 5.32 Å². The first-order chi connectivity index (χ1) is 12.2. The monoisotopic (exact) mass is 367 g/mol. The van der Waals surface area contributed by atoms with E-state index in [0.29, 0.717) is 6.42 Å². The van der Waals surface area contributed by atoms with Gasteiger partial charge in [0.05, 0.1) is 0 Å². The van der Waals surface area contributed by atoms with Crippen molar-refractivity contribution < 1.29 is 23.1 Å². The van der Waals surface area contributed by atoms with Crippen molar-refractivity contribution >= 4 is 5.97 Å². The lowest BCUT2D eigenvalue weighted by molar-refractivity contribution is -0.175. The molecule has 1 aromatic carbocycles. The number of carboxylic acid groups (broad SMARTS) is 1. The van der Waals surface area contributed by atoms with Gasteiger partial charge in [0.25, 0.3) is 0 Å². The SMILES string of the molecule is CCC[C@H](N[C@H](C(F)(F)F)C1(C)C=CC(c2ccccc2)C=C1)C(=O)O. The van der Waals surface area contributed by atoms with Crippen molar-refractivity contribution in [1.29, 1.82) is 0 Å². The van der Waals surface area contributed by atoms with E-state index >= 15 is 0 Å². The van der Waals surface area contributed by atoms with E-state index in [4.69, 9.17) is 0 Å². The zero-order valence-corrected chi connectivity index (χ0v) is 14.8. The van der Waals surface area contributed by atoms with Crippen LogP contribution in [-0.4, -0.2) is 29.3 Å². The predicted octanol–water partition coefficient (Wildman–Crippen LogP) is 4.68. The normalized spacial score (nSPS) is 25.0. The number of allylic oxidation sites excluding steroid dienone is 2. The summed E-state index contributed by atoms with van der Waals surface area (Å²) in [6.45, 7) is 3.21. The lowest BCUT2D eigenvalue weighted by Crippen LogP contribution is -2.57. The number of carbonyl (C=O) groups is 1. The number of benzene rings is 1.